The molecule has 1 atom stereocenters. The van der Waals surface area contributed by atoms with Crippen LogP contribution in [0.4, 0.5) is 0 Å². The number of phosphoric acid groups is 1. The molecule has 0 aromatic rings. The minimum absolute atomic E-state index is 0.0175. The van der Waals surface area contributed by atoms with Gasteiger partial charge in [-0.2, -0.15) is 0 Å². The topological polar surface area (TPSA) is 67.8 Å². The van der Waals surface area contributed by atoms with Crippen molar-refractivity contribution in [3.05, 3.63) is 0 Å². The van der Waals surface area contributed by atoms with E-state index < -0.39 is 7.82 Å². The van der Waals surface area contributed by atoms with E-state index in [-0.39, 0.29) is 19.8 Å². The van der Waals surface area contributed by atoms with E-state index >= 15 is 0 Å². The zero-order valence-corrected chi connectivity index (χ0v) is 20.6. The summed E-state index contributed by atoms with van der Waals surface area (Å²) in [4.78, 5) is 11.6. The number of rotatable bonds is 22. The molecule has 176 valence electrons. The van der Waals surface area contributed by atoms with Crippen molar-refractivity contribution in [2.75, 3.05) is 54.1 Å². The number of hydrogen-bond donors (Lipinski definition) is 0. The summed E-state index contributed by atoms with van der Waals surface area (Å²) in [5, 5.41) is 0. The second-order valence-corrected chi connectivity index (χ2v) is 10.4. The maximum absolute atomic E-state index is 11.6. The van der Waals surface area contributed by atoms with Crippen LogP contribution in [0.5, 0.6) is 0 Å². The van der Waals surface area contributed by atoms with E-state index in [4.69, 9.17) is 13.8 Å². The predicted octanol–water partition coefficient (Wildman–Crippen LogP) is 5.30. The van der Waals surface area contributed by atoms with Gasteiger partial charge in [0.2, 0.25) is 0 Å². The average Bonchev–Trinajstić information content (AvgIpc) is 2.63. The SMILES string of the molecule is CCCCCCCCCCCCCCCOCCOP(=O)([O-])OCC[N+](C)(C)C. The van der Waals surface area contributed by atoms with Crippen molar-refractivity contribution >= 4 is 7.82 Å². The summed E-state index contributed by atoms with van der Waals surface area (Å²) in [6.45, 7) is 3.95. The lowest BCUT2D eigenvalue weighted by molar-refractivity contribution is -0.870. The molecule has 0 fully saturated rings. The van der Waals surface area contributed by atoms with Crippen molar-refractivity contribution in [2.45, 2.75) is 90.4 Å². The summed E-state index contributed by atoms with van der Waals surface area (Å²) < 4.78 is 27.3. The quantitative estimate of drug-likeness (QED) is 0.131. The highest BCUT2D eigenvalue weighted by atomic mass is 31.2. The first-order chi connectivity index (χ1) is 13.8. The zero-order valence-electron chi connectivity index (χ0n) is 19.7. The first kappa shape index (κ1) is 29.0. The molecule has 0 aliphatic carbocycles. The number of unbranched alkanes of at least 4 members (excludes halogenated alkanes) is 12. The van der Waals surface area contributed by atoms with Crippen LogP contribution in [0.25, 0.3) is 0 Å². The van der Waals surface area contributed by atoms with E-state index in [1.807, 2.05) is 21.1 Å². The summed E-state index contributed by atoms with van der Waals surface area (Å²) in [5.41, 5.74) is 0. The molecule has 0 amide bonds. The predicted molar refractivity (Wildman–Crippen MR) is 119 cm³/mol. The number of likely N-dealkylation sites (N-methyl/N-ethyl adjacent to an activating group) is 1. The van der Waals surface area contributed by atoms with Crippen molar-refractivity contribution in [2.24, 2.45) is 0 Å². The molecule has 0 saturated carbocycles. The Balaban J connectivity index is 3.28. The van der Waals surface area contributed by atoms with Crippen LogP contribution in [-0.4, -0.2) is 58.6 Å². The molecule has 0 radical (unpaired) electrons. The fourth-order valence-corrected chi connectivity index (χ4v) is 3.67. The van der Waals surface area contributed by atoms with Gasteiger partial charge >= 0.3 is 0 Å². The van der Waals surface area contributed by atoms with E-state index in [1.165, 1.54) is 77.0 Å². The van der Waals surface area contributed by atoms with Gasteiger partial charge in [-0.15, -0.1) is 0 Å². The molecule has 0 rings (SSSR count). The van der Waals surface area contributed by atoms with Crippen LogP contribution in [0.3, 0.4) is 0 Å². The molecule has 0 aromatic carbocycles. The van der Waals surface area contributed by atoms with Crippen LogP contribution in [-0.2, 0) is 18.3 Å². The zero-order chi connectivity index (χ0) is 21.8. The Morgan fingerprint density at radius 3 is 1.59 bits per heavy atom. The van der Waals surface area contributed by atoms with Crippen molar-refractivity contribution in [1.29, 1.82) is 0 Å². The first-order valence-electron chi connectivity index (χ1n) is 11.7. The second kappa shape index (κ2) is 18.8. The fourth-order valence-electron chi connectivity index (χ4n) is 3.00. The Kier molecular flexibility index (Phi) is 18.8. The Morgan fingerprint density at radius 2 is 1.10 bits per heavy atom. The molecule has 0 heterocycles. The van der Waals surface area contributed by atoms with Crippen LogP contribution >= 0.6 is 7.82 Å². The minimum atomic E-state index is -4.21. The third-order valence-corrected chi connectivity index (χ3v) is 5.88. The minimum Gasteiger partial charge on any atom is -0.756 e. The summed E-state index contributed by atoms with van der Waals surface area (Å²) >= 11 is 0. The molecule has 0 N–H and O–H groups in total. The molecule has 0 saturated heterocycles. The molecule has 0 aliphatic heterocycles. The molecule has 1 unspecified atom stereocenters. The molecular weight excluding hydrogens is 389 g/mol. The van der Waals surface area contributed by atoms with E-state index in [2.05, 4.69) is 6.92 Å². The number of quaternary nitrogens is 1. The van der Waals surface area contributed by atoms with Crippen LogP contribution in [0.15, 0.2) is 0 Å². The maximum atomic E-state index is 11.6. The normalized spacial score (nSPS) is 14.2. The van der Waals surface area contributed by atoms with Gasteiger partial charge in [-0.05, 0) is 6.42 Å². The number of hydrogen-bond acceptors (Lipinski definition) is 5. The standard InChI is InChI=1S/C22H48NO5P/c1-5-6-7-8-9-10-11-12-13-14-15-16-17-19-26-21-22-28-29(24,25)27-20-18-23(2,3)4/h5-22H2,1-4H3. The summed E-state index contributed by atoms with van der Waals surface area (Å²) in [6, 6.07) is 0. The fraction of sp³-hybridized carbons (Fsp3) is 1.00. The van der Waals surface area contributed by atoms with Gasteiger partial charge in [-0.3, -0.25) is 4.57 Å². The van der Waals surface area contributed by atoms with E-state index in [9.17, 15) is 9.46 Å². The molecule has 29 heavy (non-hydrogen) atoms. The van der Waals surface area contributed by atoms with E-state index in [0.29, 0.717) is 17.6 Å². The Hall–Kier alpha value is 0.0300. The van der Waals surface area contributed by atoms with Gasteiger partial charge in [0.1, 0.15) is 13.2 Å². The van der Waals surface area contributed by atoms with Crippen LogP contribution in [0.2, 0.25) is 0 Å². The van der Waals surface area contributed by atoms with Crippen molar-refractivity contribution in [1.82, 2.24) is 0 Å². The highest BCUT2D eigenvalue weighted by Crippen LogP contribution is 2.37. The van der Waals surface area contributed by atoms with Crippen LogP contribution < -0.4 is 4.89 Å². The van der Waals surface area contributed by atoms with Gasteiger partial charge in [0.15, 0.2) is 0 Å². The summed E-state index contributed by atoms with van der Waals surface area (Å²) in [6.07, 6.45) is 17.2. The van der Waals surface area contributed by atoms with Gasteiger partial charge in [-0.25, -0.2) is 0 Å². The summed E-state index contributed by atoms with van der Waals surface area (Å²) in [7, 11) is 1.72. The van der Waals surface area contributed by atoms with Crippen molar-refractivity contribution in [3.8, 4) is 0 Å². The van der Waals surface area contributed by atoms with Gasteiger partial charge in [0.25, 0.3) is 7.82 Å². The first-order valence-corrected chi connectivity index (χ1v) is 13.2. The monoisotopic (exact) mass is 437 g/mol. The van der Waals surface area contributed by atoms with Gasteiger partial charge in [-0.1, -0.05) is 84.0 Å². The van der Waals surface area contributed by atoms with Crippen molar-refractivity contribution in [3.63, 3.8) is 0 Å². The number of nitrogens with zero attached hydrogens (tertiary/aromatic N) is 1. The largest absolute Gasteiger partial charge is 0.756 e. The molecule has 6 nitrogen and oxygen atoms in total. The van der Waals surface area contributed by atoms with Gasteiger partial charge in [0.05, 0.1) is 34.4 Å². The molecule has 0 aliphatic rings. The van der Waals surface area contributed by atoms with Gasteiger partial charge < -0.3 is 23.2 Å². The molecule has 7 heteroatoms. The third kappa shape index (κ3) is 24.2. The lowest BCUT2D eigenvalue weighted by Crippen LogP contribution is -2.37. The third-order valence-electron chi connectivity index (χ3n) is 4.88. The molecule has 0 spiro atoms. The Morgan fingerprint density at radius 1 is 0.655 bits per heavy atom. The lowest BCUT2D eigenvalue weighted by Gasteiger charge is -2.27. The van der Waals surface area contributed by atoms with E-state index in [1.54, 1.807) is 0 Å². The Bertz CT molecular complexity index is 401. The summed E-state index contributed by atoms with van der Waals surface area (Å²) in [5.74, 6) is 0. The highest BCUT2D eigenvalue weighted by Gasteiger charge is 2.13. The average molecular weight is 438 g/mol. The second-order valence-electron chi connectivity index (χ2n) is 8.98. The van der Waals surface area contributed by atoms with Crippen molar-refractivity contribution < 1.29 is 27.7 Å². The van der Waals surface area contributed by atoms with E-state index in [0.717, 1.165) is 6.42 Å². The smallest absolute Gasteiger partial charge is 0.268 e. The Labute approximate surface area is 180 Å². The maximum Gasteiger partial charge on any atom is 0.268 e. The molecular formula is C22H48NO5P. The number of phosphoric ester groups is 1. The van der Waals surface area contributed by atoms with Crippen LogP contribution in [0, 0.1) is 0 Å². The van der Waals surface area contributed by atoms with Crippen LogP contribution in [0.1, 0.15) is 90.4 Å². The number of ether oxygens (including phenoxy) is 1. The molecule has 0 aromatic heterocycles. The molecule has 0 bridgehead atoms. The van der Waals surface area contributed by atoms with Gasteiger partial charge in [0, 0.05) is 6.61 Å². The highest BCUT2D eigenvalue weighted by molar-refractivity contribution is 7.45. The lowest BCUT2D eigenvalue weighted by atomic mass is 10.0.